The van der Waals surface area contributed by atoms with Crippen molar-refractivity contribution in [1.29, 1.82) is 0 Å². The van der Waals surface area contributed by atoms with Crippen LogP contribution in [0.5, 0.6) is 5.75 Å². The van der Waals surface area contributed by atoms with Gasteiger partial charge in [-0.1, -0.05) is 49.2 Å². The number of aromatic nitrogens is 4. The Morgan fingerprint density at radius 1 is 1.23 bits per heavy atom. The minimum Gasteiger partial charge on any atom is -0.491 e. The number of hydrogen-bond donors (Lipinski definition) is 0. The standard InChI is InChI=1S/C25H29N5O7S2/c1-5-11-34-22(32)25(14-30-20(31)19(21(30)39-25)16(3)37-24(33)35-12-6-2)15-36-18-9-7-17(8-10-18)13-38-23-26-27-28-29(23)4/h5-10,16,19,21H,1-2,11-15H2,3-4H3/t16-,19+,21-,25?/m1/s1. The van der Waals surface area contributed by atoms with Crippen LogP contribution in [-0.2, 0) is 36.6 Å². The first kappa shape index (κ1) is 28.5. The van der Waals surface area contributed by atoms with Crippen LogP contribution in [0.3, 0.4) is 0 Å². The highest BCUT2D eigenvalue weighted by molar-refractivity contribution is 8.02. The van der Waals surface area contributed by atoms with Gasteiger partial charge in [-0.3, -0.25) is 9.59 Å². The van der Waals surface area contributed by atoms with Crippen molar-refractivity contribution in [2.45, 2.75) is 34.1 Å². The number of ether oxygens (including phenoxy) is 4. The molecule has 4 atom stereocenters. The molecule has 12 nitrogen and oxygen atoms in total. The van der Waals surface area contributed by atoms with Crippen molar-refractivity contribution in [3.63, 3.8) is 0 Å². The summed E-state index contributed by atoms with van der Waals surface area (Å²) in [5.74, 6) is -0.0999. The van der Waals surface area contributed by atoms with Gasteiger partial charge in [0.25, 0.3) is 0 Å². The summed E-state index contributed by atoms with van der Waals surface area (Å²) >= 11 is 2.79. The second kappa shape index (κ2) is 12.6. The van der Waals surface area contributed by atoms with Crippen LogP contribution in [0.4, 0.5) is 4.79 Å². The second-order valence-corrected chi connectivity index (χ2v) is 11.3. The third-order valence-electron chi connectivity index (χ3n) is 6.11. The summed E-state index contributed by atoms with van der Waals surface area (Å²) in [4.78, 5) is 39.6. The molecular weight excluding hydrogens is 546 g/mol. The fourth-order valence-corrected chi connectivity index (χ4v) is 6.66. The van der Waals surface area contributed by atoms with E-state index in [2.05, 4.69) is 28.7 Å². The molecule has 2 aromatic rings. The largest absolute Gasteiger partial charge is 0.508 e. The lowest BCUT2D eigenvalue weighted by Crippen LogP contribution is -2.61. The average Bonchev–Trinajstić information content (AvgIpc) is 3.50. The van der Waals surface area contributed by atoms with Gasteiger partial charge in [-0.15, -0.1) is 16.9 Å². The highest BCUT2D eigenvalue weighted by Gasteiger charge is 2.64. The first-order valence-corrected chi connectivity index (χ1v) is 13.9. The molecule has 0 radical (unpaired) electrons. The molecule has 39 heavy (non-hydrogen) atoms. The summed E-state index contributed by atoms with van der Waals surface area (Å²) in [6, 6.07) is 7.49. The summed E-state index contributed by atoms with van der Waals surface area (Å²) in [6.07, 6.45) is 1.27. The number of carbonyl (C=O) groups excluding carboxylic acids is 3. The number of nitrogens with zero attached hydrogens (tertiary/aromatic N) is 5. The van der Waals surface area contributed by atoms with Crippen LogP contribution >= 0.6 is 23.5 Å². The van der Waals surface area contributed by atoms with E-state index in [1.807, 2.05) is 24.3 Å². The lowest BCUT2D eigenvalue weighted by Gasteiger charge is -2.43. The summed E-state index contributed by atoms with van der Waals surface area (Å²) in [5, 5.41) is 11.7. The molecule has 0 N–H and O–H groups in total. The number of aryl methyl sites for hydroxylation is 1. The van der Waals surface area contributed by atoms with E-state index in [-0.39, 0.29) is 37.6 Å². The molecule has 0 aliphatic carbocycles. The van der Waals surface area contributed by atoms with E-state index in [9.17, 15) is 14.4 Å². The molecule has 0 saturated carbocycles. The normalized spacial score (nSPS) is 22.3. The fourth-order valence-electron chi connectivity index (χ4n) is 4.11. The Morgan fingerprint density at radius 3 is 2.62 bits per heavy atom. The van der Waals surface area contributed by atoms with E-state index in [4.69, 9.17) is 18.9 Å². The van der Waals surface area contributed by atoms with Crippen molar-refractivity contribution in [1.82, 2.24) is 25.1 Å². The Hall–Kier alpha value is -3.52. The van der Waals surface area contributed by atoms with E-state index in [1.54, 1.807) is 23.6 Å². The molecule has 0 spiro atoms. The zero-order chi connectivity index (χ0) is 28.0. The lowest BCUT2D eigenvalue weighted by atomic mass is 9.92. The molecule has 208 valence electrons. The Labute approximate surface area is 234 Å². The van der Waals surface area contributed by atoms with Crippen molar-refractivity contribution >= 4 is 41.6 Å². The molecule has 4 rings (SSSR count). The number of thioether (sulfide) groups is 2. The van der Waals surface area contributed by atoms with Gasteiger partial charge in [0.15, 0.2) is 4.75 Å². The Kier molecular flexibility index (Phi) is 9.17. The van der Waals surface area contributed by atoms with Gasteiger partial charge in [0.05, 0.1) is 11.9 Å². The molecule has 2 saturated heterocycles. The first-order chi connectivity index (χ1) is 18.8. The highest BCUT2D eigenvalue weighted by Crippen LogP contribution is 2.51. The molecular formula is C25H29N5O7S2. The summed E-state index contributed by atoms with van der Waals surface area (Å²) in [6.45, 7) is 8.84. The number of β-lactam (4-membered cyclic amide) rings is 1. The van der Waals surface area contributed by atoms with Crippen LogP contribution in [0.25, 0.3) is 0 Å². The predicted octanol–water partition coefficient (Wildman–Crippen LogP) is 2.61. The molecule has 1 unspecified atom stereocenters. The minimum absolute atomic E-state index is 0.00293. The third kappa shape index (κ3) is 6.38. The van der Waals surface area contributed by atoms with Crippen LogP contribution in [0, 0.1) is 5.92 Å². The maximum atomic E-state index is 13.2. The molecule has 14 heteroatoms. The van der Waals surface area contributed by atoms with Crippen LogP contribution in [-0.4, -0.2) is 85.7 Å². The smallest absolute Gasteiger partial charge is 0.491 e. The van der Waals surface area contributed by atoms with Gasteiger partial charge in [-0.2, -0.15) is 0 Å². The topological polar surface area (TPSA) is 135 Å². The van der Waals surface area contributed by atoms with Crippen LogP contribution in [0.2, 0.25) is 0 Å². The number of amides is 1. The maximum absolute atomic E-state index is 13.2. The van der Waals surface area contributed by atoms with Gasteiger partial charge in [-0.25, -0.2) is 9.48 Å². The van der Waals surface area contributed by atoms with Crippen molar-refractivity contribution in [3.05, 3.63) is 55.1 Å². The zero-order valence-corrected chi connectivity index (χ0v) is 23.2. The lowest BCUT2D eigenvalue weighted by molar-refractivity contribution is -0.158. The molecule has 1 amide bonds. The molecule has 1 aromatic heterocycles. The quantitative estimate of drug-likeness (QED) is 0.150. The molecule has 2 aliphatic rings. The molecule has 0 bridgehead atoms. The van der Waals surface area contributed by atoms with Crippen LogP contribution < -0.4 is 4.74 Å². The first-order valence-electron chi connectivity index (χ1n) is 12.1. The van der Waals surface area contributed by atoms with E-state index < -0.39 is 28.9 Å². The van der Waals surface area contributed by atoms with E-state index in [0.717, 1.165) is 5.56 Å². The Balaban J connectivity index is 1.40. The van der Waals surface area contributed by atoms with E-state index in [1.165, 1.54) is 35.7 Å². The zero-order valence-electron chi connectivity index (χ0n) is 21.6. The van der Waals surface area contributed by atoms with Gasteiger partial charge >= 0.3 is 12.1 Å². The van der Waals surface area contributed by atoms with E-state index >= 15 is 0 Å². The van der Waals surface area contributed by atoms with Crippen molar-refractivity contribution < 1.29 is 33.3 Å². The molecule has 2 fully saturated rings. The average molecular weight is 576 g/mol. The molecule has 3 heterocycles. The third-order valence-corrected chi connectivity index (χ3v) is 8.85. The Bertz CT molecular complexity index is 1220. The van der Waals surface area contributed by atoms with Gasteiger partial charge in [-0.05, 0) is 35.0 Å². The SMILES string of the molecule is C=CCOC(=O)O[C@H](C)[C@H]1C(=O)N2CC(COc3ccc(CSc4nnnn4C)cc3)(C(=O)OCC=C)S[C@H]12. The fraction of sp³-hybridized carbons (Fsp3) is 0.440. The van der Waals surface area contributed by atoms with Gasteiger partial charge in [0, 0.05) is 12.8 Å². The van der Waals surface area contributed by atoms with Gasteiger partial charge in [0.2, 0.25) is 11.1 Å². The number of hydrogen-bond acceptors (Lipinski definition) is 12. The number of carbonyl (C=O) groups is 3. The van der Waals surface area contributed by atoms with Crippen molar-refractivity contribution in [3.8, 4) is 5.75 Å². The van der Waals surface area contributed by atoms with Crippen LogP contribution in [0.15, 0.2) is 54.7 Å². The minimum atomic E-state index is -1.16. The second-order valence-electron chi connectivity index (χ2n) is 8.86. The van der Waals surface area contributed by atoms with Crippen molar-refractivity contribution in [2.75, 3.05) is 26.4 Å². The van der Waals surface area contributed by atoms with E-state index in [0.29, 0.717) is 16.7 Å². The monoisotopic (exact) mass is 575 g/mol. The number of tetrazole rings is 1. The van der Waals surface area contributed by atoms with Crippen LogP contribution in [0.1, 0.15) is 12.5 Å². The maximum Gasteiger partial charge on any atom is 0.508 e. The Morgan fingerprint density at radius 2 is 1.95 bits per heavy atom. The highest BCUT2D eigenvalue weighted by atomic mass is 32.2. The molecule has 1 aromatic carbocycles. The van der Waals surface area contributed by atoms with Gasteiger partial charge < -0.3 is 23.8 Å². The van der Waals surface area contributed by atoms with Crippen molar-refractivity contribution in [2.24, 2.45) is 13.0 Å². The predicted molar refractivity (Wildman–Crippen MR) is 143 cm³/mol. The summed E-state index contributed by atoms with van der Waals surface area (Å²) in [7, 11) is 1.78. The van der Waals surface area contributed by atoms with Gasteiger partial charge in [0.1, 0.15) is 37.6 Å². The number of benzene rings is 1. The number of rotatable bonds is 13. The number of esters is 1. The number of fused-ring (bicyclic) bond motifs is 1. The molecule has 2 aliphatic heterocycles. The summed E-state index contributed by atoms with van der Waals surface area (Å²) < 4.78 is 22.0. The summed E-state index contributed by atoms with van der Waals surface area (Å²) in [5.41, 5.74) is 1.05.